The number of carbonyl (C=O) groups is 1. The van der Waals surface area contributed by atoms with Crippen LogP contribution in [0.1, 0.15) is 15.9 Å². The van der Waals surface area contributed by atoms with Gasteiger partial charge in [0.2, 0.25) is 5.78 Å². The first kappa shape index (κ1) is 18.4. The van der Waals surface area contributed by atoms with Gasteiger partial charge in [0.25, 0.3) is 0 Å². The second kappa shape index (κ2) is 7.94. The molecule has 2 aliphatic heterocycles. The number of halogens is 2. The Hall–Kier alpha value is -1.99. The average Bonchev–Trinajstić information content (AvgIpc) is 3.32. The zero-order valence-corrected chi connectivity index (χ0v) is 16.4. The van der Waals surface area contributed by atoms with Crippen LogP contribution in [0, 0.1) is 0 Å². The van der Waals surface area contributed by atoms with Gasteiger partial charge in [-0.05, 0) is 48.0 Å². The summed E-state index contributed by atoms with van der Waals surface area (Å²) in [5, 5.41) is 5.50. The first-order chi connectivity index (χ1) is 13.1. The van der Waals surface area contributed by atoms with Crippen LogP contribution in [0.2, 0.25) is 10.0 Å². The molecule has 0 saturated carbocycles. The van der Waals surface area contributed by atoms with Crippen LogP contribution < -0.4 is 16.3 Å². The molecule has 0 saturated heterocycles. The van der Waals surface area contributed by atoms with Crippen molar-refractivity contribution < 1.29 is 4.79 Å². The fourth-order valence-corrected chi connectivity index (χ4v) is 4.28. The van der Waals surface area contributed by atoms with Crippen molar-refractivity contribution >= 4 is 52.2 Å². The molecule has 138 valence electrons. The largest absolute Gasteiger partial charge is 0.320 e. The van der Waals surface area contributed by atoms with Gasteiger partial charge < -0.3 is 10.9 Å². The van der Waals surface area contributed by atoms with Crippen LogP contribution in [0.25, 0.3) is 5.70 Å². The molecule has 8 heteroatoms. The lowest BCUT2D eigenvalue weighted by Gasteiger charge is -2.15. The number of hydrogen-bond donors (Lipinski definition) is 3. The van der Waals surface area contributed by atoms with Crippen LogP contribution in [0.5, 0.6) is 0 Å². The number of rotatable bonds is 5. The zero-order chi connectivity index (χ0) is 18.8. The van der Waals surface area contributed by atoms with Crippen molar-refractivity contribution in [3.63, 3.8) is 0 Å². The Morgan fingerprint density at radius 3 is 2.41 bits per heavy atom. The lowest BCUT2D eigenvalue weighted by Crippen LogP contribution is -2.34. The van der Waals surface area contributed by atoms with Gasteiger partial charge in [0, 0.05) is 15.6 Å². The lowest BCUT2D eigenvalue weighted by molar-refractivity contribution is 0.106. The third-order valence-corrected chi connectivity index (χ3v) is 6.02. The van der Waals surface area contributed by atoms with E-state index in [4.69, 9.17) is 23.2 Å². The number of ketones is 1. The second-order valence-corrected chi connectivity index (χ2v) is 8.32. The molecule has 0 radical (unpaired) electrons. The van der Waals surface area contributed by atoms with E-state index in [1.807, 2.05) is 24.3 Å². The molecule has 0 bridgehead atoms. The summed E-state index contributed by atoms with van der Waals surface area (Å²) < 4.78 is 0. The molecule has 0 aromatic heterocycles. The number of Topliss-reactive ketones (excluding diaryl/α,β-unsaturated/α-hetero) is 1. The maximum atomic E-state index is 12.8. The van der Waals surface area contributed by atoms with Crippen molar-refractivity contribution in [3.05, 3.63) is 75.8 Å². The molecule has 2 heterocycles. The SMILES string of the molecule is O=C(C1=NNCC1SC1C=C(c2ccc(Cl)cc2)NN1)c1ccc(Cl)cc1. The van der Waals surface area contributed by atoms with Gasteiger partial charge in [0.05, 0.1) is 22.9 Å². The molecule has 4 rings (SSSR count). The first-order valence-corrected chi connectivity index (χ1v) is 10.1. The number of hydrazine groups is 1. The van der Waals surface area contributed by atoms with Crippen LogP contribution in [0.15, 0.2) is 59.7 Å². The summed E-state index contributed by atoms with van der Waals surface area (Å²) in [4.78, 5) is 12.8. The summed E-state index contributed by atoms with van der Waals surface area (Å²) >= 11 is 13.5. The Morgan fingerprint density at radius 2 is 1.70 bits per heavy atom. The molecule has 2 atom stereocenters. The van der Waals surface area contributed by atoms with Gasteiger partial charge in [0.15, 0.2) is 0 Å². The maximum Gasteiger partial charge on any atom is 0.210 e. The normalized spacial score (nSPS) is 21.3. The number of benzene rings is 2. The molecule has 2 aromatic carbocycles. The Labute approximate surface area is 171 Å². The minimum Gasteiger partial charge on any atom is -0.320 e. The molecule has 0 fully saturated rings. The van der Waals surface area contributed by atoms with E-state index in [0.717, 1.165) is 11.3 Å². The van der Waals surface area contributed by atoms with Gasteiger partial charge in [0.1, 0.15) is 5.71 Å². The standard InChI is InChI=1S/C19H16Cl2N4OS/c20-13-5-1-11(2-6-13)15-9-17(24-23-15)27-16-10-22-25-18(16)19(26)12-3-7-14(21)8-4-12/h1-9,16-17,22-24H,10H2. The Morgan fingerprint density at radius 1 is 1.04 bits per heavy atom. The fourth-order valence-electron chi connectivity index (χ4n) is 2.87. The van der Waals surface area contributed by atoms with E-state index in [1.54, 1.807) is 36.0 Å². The average molecular weight is 419 g/mol. The first-order valence-electron chi connectivity index (χ1n) is 8.35. The summed E-state index contributed by atoms with van der Waals surface area (Å²) in [7, 11) is 0. The zero-order valence-electron chi connectivity index (χ0n) is 14.1. The van der Waals surface area contributed by atoms with Gasteiger partial charge in [-0.25, -0.2) is 5.43 Å². The molecule has 3 N–H and O–H groups in total. The van der Waals surface area contributed by atoms with Crippen LogP contribution in [0.4, 0.5) is 0 Å². The summed E-state index contributed by atoms with van der Waals surface area (Å²) in [5.41, 5.74) is 12.5. The molecular weight excluding hydrogens is 403 g/mol. The van der Waals surface area contributed by atoms with Gasteiger partial charge in [-0.3, -0.25) is 4.79 Å². The molecule has 2 aliphatic rings. The van der Waals surface area contributed by atoms with Crippen molar-refractivity contribution in [2.24, 2.45) is 5.10 Å². The van der Waals surface area contributed by atoms with Gasteiger partial charge >= 0.3 is 0 Å². The van der Waals surface area contributed by atoms with E-state index in [9.17, 15) is 4.79 Å². The van der Waals surface area contributed by atoms with Crippen LogP contribution >= 0.6 is 35.0 Å². The van der Waals surface area contributed by atoms with Crippen molar-refractivity contribution in [2.75, 3.05) is 6.54 Å². The smallest absolute Gasteiger partial charge is 0.210 e. The minimum absolute atomic E-state index is 0.0174. The predicted molar refractivity (Wildman–Crippen MR) is 112 cm³/mol. The maximum absolute atomic E-state index is 12.8. The second-order valence-electron chi connectivity index (χ2n) is 6.10. The van der Waals surface area contributed by atoms with E-state index in [0.29, 0.717) is 27.9 Å². The van der Waals surface area contributed by atoms with E-state index < -0.39 is 0 Å². The number of carbonyl (C=O) groups excluding carboxylic acids is 1. The number of thioether (sulfide) groups is 1. The van der Waals surface area contributed by atoms with Gasteiger partial charge in [-0.1, -0.05) is 35.3 Å². The van der Waals surface area contributed by atoms with Crippen molar-refractivity contribution in [2.45, 2.75) is 10.6 Å². The van der Waals surface area contributed by atoms with Gasteiger partial charge in [-0.2, -0.15) is 5.10 Å². The van der Waals surface area contributed by atoms with Crippen molar-refractivity contribution in [3.8, 4) is 0 Å². The molecule has 5 nitrogen and oxygen atoms in total. The Balaban J connectivity index is 1.45. The van der Waals surface area contributed by atoms with E-state index in [1.165, 1.54) is 0 Å². The number of nitrogens with zero attached hydrogens (tertiary/aromatic N) is 1. The van der Waals surface area contributed by atoms with Crippen LogP contribution in [-0.4, -0.2) is 28.7 Å². The van der Waals surface area contributed by atoms with Crippen molar-refractivity contribution in [1.29, 1.82) is 0 Å². The lowest BCUT2D eigenvalue weighted by atomic mass is 10.1. The number of hydrazone groups is 1. The van der Waals surface area contributed by atoms with Crippen LogP contribution in [-0.2, 0) is 0 Å². The highest BCUT2D eigenvalue weighted by atomic mass is 35.5. The topological polar surface area (TPSA) is 65.5 Å². The van der Waals surface area contributed by atoms with Crippen LogP contribution in [0.3, 0.4) is 0 Å². The molecule has 0 aliphatic carbocycles. The van der Waals surface area contributed by atoms with E-state index >= 15 is 0 Å². The molecule has 27 heavy (non-hydrogen) atoms. The molecule has 0 amide bonds. The summed E-state index contributed by atoms with van der Waals surface area (Å²) in [6.45, 7) is 0.613. The summed E-state index contributed by atoms with van der Waals surface area (Å²) in [6.07, 6.45) is 2.09. The molecular formula is C19H16Cl2N4OS. The highest BCUT2D eigenvalue weighted by Gasteiger charge is 2.31. The van der Waals surface area contributed by atoms with E-state index in [-0.39, 0.29) is 16.4 Å². The fraction of sp³-hybridized carbons (Fsp3) is 0.158. The van der Waals surface area contributed by atoms with Crippen molar-refractivity contribution in [1.82, 2.24) is 16.3 Å². The third kappa shape index (κ3) is 4.14. The summed E-state index contributed by atoms with van der Waals surface area (Å²) in [6, 6.07) is 14.5. The summed E-state index contributed by atoms with van der Waals surface area (Å²) in [5.74, 6) is -0.0815. The third-order valence-electron chi connectivity index (χ3n) is 4.25. The number of nitrogens with one attached hydrogen (secondary N) is 3. The Bertz CT molecular complexity index is 912. The highest BCUT2D eigenvalue weighted by molar-refractivity contribution is 8.01. The molecule has 2 aromatic rings. The minimum atomic E-state index is -0.0815. The highest BCUT2D eigenvalue weighted by Crippen LogP contribution is 2.27. The molecule has 0 spiro atoms. The Kier molecular flexibility index (Phi) is 5.41. The molecule has 2 unspecified atom stereocenters. The van der Waals surface area contributed by atoms with Gasteiger partial charge in [-0.15, -0.1) is 11.8 Å². The number of hydrogen-bond acceptors (Lipinski definition) is 6. The monoisotopic (exact) mass is 418 g/mol. The van der Waals surface area contributed by atoms with E-state index in [2.05, 4.69) is 27.5 Å². The predicted octanol–water partition coefficient (Wildman–Crippen LogP) is 3.71. The quantitative estimate of drug-likeness (QED) is 0.645.